The summed E-state index contributed by atoms with van der Waals surface area (Å²) >= 11 is 6.97. The molecule has 1 heterocycles. The minimum absolute atomic E-state index is 0.851. The molecule has 1 nitrogen and oxygen atoms in total. The minimum Gasteiger partial charge on any atom is -0.255 e. The summed E-state index contributed by atoms with van der Waals surface area (Å²) in [5.74, 6) is 0.899. The second kappa shape index (κ2) is 5.77. The molecule has 0 saturated carbocycles. The van der Waals surface area contributed by atoms with Gasteiger partial charge in [-0.25, -0.2) is 0 Å². The van der Waals surface area contributed by atoms with Gasteiger partial charge >= 0.3 is 0 Å². The van der Waals surface area contributed by atoms with Gasteiger partial charge in [-0.05, 0) is 17.7 Å². The molecule has 0 amide bonds. The molecule has 0 aliphatic carbocycles. The Morgan fingerprint density at radius 3 is 2.50 bits per heavy atom. The number of thioether (sulfide) groups is 1. The Kier molecular flexibility index (Phi) is 4.08. The standard InChI is InChI=1S/C13H11NS2/c15-13(12-8-4-5-9-14-12)16-10-11-6-2-1-3-7-11/h1-9H,10H2. The van der Waals surface area contributed by atoms with Crippen molar-refractivity contribution in [1.29, 1.82) is 0 Å². The molecule has 0 aliphatic rings. The Morgan fingerprint density at radius 1 is 1.06 bits per heavy atom. The topological polar surface area (TPSA) is 12.9 Å². The van der Waals surface area contributed by atoms with Crippen LogP contribution in [0.1, 0.15) is 11.3 Å². The van der Waals surface area contributed by atoms with Crippen molar-refractivity contribution in [2.75, 3.05) is 0 Å². The monoisotopic (exact) mass is 245 g/mol. The van der Waals surface area contributed by atoms with Crippen molar-refractivity contribution in [3.05, 3.63) is 66.0 Å². The Hall–Kier alpha value is -1.19. The maximum atomic E-state index is 5.32. The van der Waals surface area contributed by atoms with Gasteiger partial charge in [0.05, 0.1) is 9.89 Å². The summed E-state index contributed by atoms with van der Waals surface area (Å²) in [6, 6.07) is 16.1. The minimum atomic E-state index is 0.851. The number of nitrogens with zero attached hydrogens (tertiary/aromatic N) is 1. The fourth-order valence-electron chi connectivity index (χ4n) is 1.28. The van der Waals surface area contributed by atoms with E-state index in [-0.39, 0.29) is 0 Å². The molecule has 2 rings (SSSR count). The van der Waals surface area contributed by atoms with Gasteiger partial charge in [0.15, 0.2) is 0 Å². The van der Waals surface area contributed by atoms with Crippen LogP contribution in [-0.4, -0.2) is 9.18 Å². The molecule has 1 aromatic carbocycles. The highest BCUT2D eigenvalue weighted by Gasteiger charge is 2.02. The lowest BCUT2D eigenvalue weighted by atomic mass is 10.2. The van der Waals surface area contributed by atoms with Crippen molar-refractivity contribution in [2.24, 2.45) is 0 Å². The van der Waals surface area contributed by atoms with Gasteiger partial charge in [-0.3, -0.25) is 4.98 Å². The zero-order chi connectivity index (χ0) is 11.2. The van der Waals surface area contributed by atoms with Crippen LogP contribution in [0.5, 0.6) is 0 Å². The molecule has 0 atom stereocenters. The Labute approximate surface area is 105 Å². The van der Waals surface area contributed by atoms with E-state index in [0.29, 0.717) is 0 Å². The number of pyridine rings is 1. The van der Waals surface area contributed by atoms with Crippen molar-refractivity contribution in [2.45, 2.75) is 5.75 Å². The molecule has 0 N–H and O–H groups in total. The molecule has 0 fully saturated rings. The lowest BCUT2D eigenvalue weighted by molar-refractivity contribution is 1.31. The molecule has 3 heteroatoms. The van der Waals surface area contributed by atoms with Crippen LogP contribution in [0.3, 0.4) is 0 Å². The SMILES string of the molecule is S=C(SCc1ccccc1)c1ccccn1. The fraction of sp³-hybridized carbons (Fsp3) is 0.0769. The molecule has 1 aromatic heterocycles. The van der Waals surface area contributed by atoms with E-state index in [4.69, 9.17) is 12.2 Å². The van der Waals surface area contributed by atoms with Crippen LogP contribution in [0.4, 0.5) is 0 Å². The van der Waals surface area contributed by atoms with E-state index in [1.165, 1.54) is 5.56 Å². The Morgan fingerprint density at radius 2 is 1.81 bits per heavy atom. The smallest absolute Gasteiger partial charge is 0.0966 e. The second-order valence-corrected chi connectivity index (χ2v) is 4.93. The summed E-state index contributed by atoms with van der Waals surface area (Å²) in [6.07, 6.45) is 1.77. The normalized spacial score (nSPS) is 10.0. The molecule has 0 aliphatic heterocycles. The molecule has 0 spiro atoms. The number of hydrogen-bond donors (Lipinski definition) is 0. The van der Waals surface area contributed by atoms with Crippen molar-refractivity contribution in [3.63, 3.8) is 0 Å². The van der Waals surface area contributed by atoms with E-state index in [2.05, 4.69) is 17.1 Å². The van der Waals surface area contributed by atoms with Crippen molar-refractivity contribution in [3.8, 4) is 0 Å². The third kappa shape index (κ3) is 3.15. The highest BCUT2D eigenvalue weighted by Crippen LogP contribution is 2.17. The first-order valence-electron chi connectivity index (χ1n) is 4.98. The summed E-state index contributed by atoms with van der Waals surface area (Å²) in [4.78, 5) is 4.23. The van der Waals surface area contributed by atoms with Gasteiger partial charge in [-0.15, -0.1) is 11.8 Å². The lowest BCUT2D eigenvalue weighted by Gasteiger charge is -2.02. The second-order valence-electron chi connectivity index (χ2n) is 3.28. The lowest BCUT2D eigenvalue weighted by Crippen LogP contribution is -1.95. The zero-order valence-corrected chi connectivity index (χ0v) is 10.3. The van der Waals surface area contributed by atoms with Gasteiger partial charge in [-0.1, -0.05) is 48.6 Å². The molecule has 0 radical (unpaired) electrons. The van der Waals surface area contributed by atoms with Gasteiger partial charge in [-0.2, -0.15) is 0 Å². The third-order valence-corrected chi connectivity index (χ3v) is 3.60. The molecule has 80 valence electrons. The van der Waals surface area contributed by atoms with Gasteiger partial charge in [0, 0.05) is 11.9 Å². The molecule has 0 unspecified atom stereocenters. The zero-order valence-electron chi connectivity index (χ0n) is 8.67. The van der Waals surface area contributed by atoms with E-state index in [9.17, 15) is 0 Å². The number of aromatic nitrogens is 1. The van der Waals surface area contributed by atoms with E-state index in [0.717, 1.165) is 15.6 Å². The maximum Gasteiger partial charge on any atom is 0.0966 e. The molecule has 0 saturated heterocycles. The van der Waals surface area contributed by atoms with Crippen LogP contribution < -0.4 is 0 Å². The van der Waals surface area contributed by atoms with Gasteiger partial charge < -0.3 is 0 Å². The number of hydrogen-bond acceptors (Lipinski definition) is 3. The molecule has 0 bridgehead atoms. The van der Waals surface area contributed by atoms with Crippen molar-refractivity contribution >= 4 is 28.2 Å². The summed E-state index contributed by atoms with van der Waals surface area (Å²) in [5.41, 5.74) is 2.17. The Balaban J connectivity index is 1.95. The van der Waals surface area contributed by atoms with E-state index in [1.54, 1.807) is 18.0 Å². The summed E-state index contributed by atoms with van der Waals surface area (Å²) in [6.45, 7) is 0. The van der Waals surface area contributed by atoms with Crippen LogP contribution in [0.2, 0.25) is 0 Å². The average molecular weight is 245 g/mol. The Bertz CT molecular complexity index is 454. The van der Waals surface area contributed by atoms with Crippen LogP contribution >= 0.6 is 24.0 Å². The van der Waals surface area contributed by atoms with E-state index < -0.39 is 0 Å². The van der Waals surface area contributed by atoms with E-state index >= 15 is 0 Å². The maximum absolute atomic E-state index is 5.32. The average Bonchev–Trinajstić information content (AvgIpc) is 2.38. The largest absolute Gasteiger partial charge is 0.255 e. The summed E-state index contributed by atoms with van der Waals surface area (Å²) in [5, 5.41) is 0. The van der Waals surface area contributed by atoms with Gasteiger partial charge in [0.25, 0.3) is 0 Å². The molecule has 2 aromatic rings. The van der Waals surface area contributed by atoms with Crippen molar-refractivity contribution in [1.82, 2.24) is 4.98 Å². The van der Waals surface area contributed by atoms with Crippen LogP contribution in [-0.2, 0) is 5.75 Å². The number of rotatable bonds is 3. The van der Waals surface area contributed by atoms with Gasteiger partial charge in [0.1, 0.15) is 0 Å². The first-order valence-corrected chi connectivity index (χ1v) is 6.38. The predicted octanol–water partition coefficient (Wildman–Crippen LogP) is 3.69. The highest BCUT2D eigenvalue weighted by atomic mass is 32.2. The highest BCUT2D eigenvalue weighted by molar-refractivity contribution is 8.23. The summed E-state index contributed by atoms with van der Waals surface area (Å²) < 4.78 is 0.851. The van der Waals surface area contributed by atoms with Crippen LogP contribution in [0, 0.1) is 0 Å². The van der Waals surface area contributed by atoms with E-state index in [1.807, 2.05) is 36.4 Å². The van der Waals surface area contributed by atoms with Crippen LogP contribution in [0.25, 0.3) is 0 Å². The molecular weight excluding hydrogens is 234 g/mol. The van der Waals surface area contributed by atoms with Crippen molar-refractivity contribution < 1.29 is 0 Å². The predicted molar refractivity (Wildman–Crippen MR) is 73.7 cm³/mol. The fourth-order valence-corrected chi connectivity index (χ4v) is 2.34. The van der Waals surface area contributed by atoms with Crippen LogP contribution in [0.15, 0.2) is 54.7 Å². The number of benzene rings is 1. The summed E-state index contributed by atoms with van der Waals surface area (Å²) in [7, 11) is 0. The van der Waals surface area contributed by atoms with Gasteiger partial charge in [0.2, 0.25) is 0 Å². The molecule has 16 heavy (non-hydrogen) atoms. The molecular formula is C13H11NS2. The first kappa shape index (κ1) is 11.3. The number of thiocarbonyl (C=S) groups is 1. The third-order valence-electron chi connectivity index (χ3n) is 2.09. The quantitative estimate of drug-likeness (QED) is 0.765. The first-order chi connectivity index (χ1) is 7.86.